The van der Waals surface area contributed by atoms with Gasteiger partial charge in [-0.05, 0) is 33.9 Å². The van der Waals surface area contributed by atoms with Crippen molar-refractivity contribution in [1.82, 2.24) is 24.0 Å². The zero-order valence-electron chi connectivity index (χ0n) is 14.3. The molecule has 0 spiro atoms. The summed E-state index contributed by atoms with van der Waals surface area (Å²) in [4.78, 5) is 34.1. The lowest BCUT2D eigenvalue weighted by molar-refractivity contribution is 0.290. The number of aryl methyl sites for hydroxylation is 1. The first-order chi connectivity index (χ1) is 10.9. The van der Waals surface area contributed by atoms with Gasteiger partial charge in [-0.1, -0.05) is 6.42 Å². The molecule has 3 N–H and O–H groups in total. The van der Waals surface area contributed by atoms with Gasteiger partial charge in [0, 0.05) is 19.6 Å². The van der Waals surface area contributed by atoms with Crippen molar-refractivity contribution in [3.8, 4) is 0 Å². The summed E-state index contributed by atoms with van der Waals surface area (Å²) in [7, 11) is 5.72. The van der Waals surface area contributed by atoms with Crippen LogP contribution in [0.25, 0.3) is 11.2 Å². The number of aromatic nitrogens is 4. The van der Waals surface area contributed by atoms with E-state index in [-0.39, 0.29) is 17.8 Å². The van der Waals surface area contributed by atoms with Gasteiger partial charge in [-0.15, -0.1) is 0 Å². The summed E-state index contributed by atoms with van der Waals surface area (Å²) in [5.74, 6) is 0.504. The third kappa shape index (κ3) is 3.53. The SMILES string of the molecule is C[C@H](CCCCn1c(=O)c2[nH]c(CN)nc2n(C)c1=O)N(C)C. The van der Waals surface area contributed by atoms with Crippen LogP contribution in [0.3, 0.4) is 0 Å². The zero-order chi connectivity index (χ0) is 17.1. The third-order valence-corrected chi connectivity index (χ3v) is 4.36. The number of H-pyrrole nitrogens is 1. The highest BCUT2D eigenvalue weighted by molar-refractivity contribution is 5.69. The van der Waals surface area contributed by atoms with Crippen LogP contribution >= 0.6 is 0 Å². The number of hydrogen-bond donors (Lipinski definition) is 2. The van der Waals surface area contributed by atoms with E-state index >= 15 is 0 Å². The van der Waals surface area contributed by atoms with Crippen LogP contribution < -0.4 is 17.0 Å². The predicted molar refractivity (Wildman–Crippen MR) is 90.5 cm³/mol. The van der Waals surface area contributed by atoms with Crippen molar-refractivity contribution in [2.45, 2.75) is 45.3 Å². The van der Waals surface area contributed by atoms with Gasteiger partial charge in [-0.2, -0.15) is 0 Å². The molecule has 0 saturated carbocycles. The Balaban J connectivity index is 2.21. The number of imidazole rings is 1. The molecule has 0 saturated heterocycles. The van der Waals surface area contributed by atoms with E-state index in [2.05, 4.69) is 21.8 Å². The number of hydrogen-bond acceptors (Lipinski definition) is 5. The molecule has 128 valence electrons. The molecule has 2 heterocycles. The Morgan fingerprint density at radius 2 is 2.00 bits per heavy atom. The van der Waals surface area contributed by atoms with Crippen LogP contribution in [0.15, 0.2) is 9.59 Å². The van der Waals surface area contributed by atoms with Gasteiger partial charge < -0.3 is 15.6 Å². The topological polar surface area (TPSA) is 102 Å². The second kappa shape index (κ2) is 7.10. The summed E-state index contributed by atoms with van der Waals surface area (Å²) in [5.41, 5.74) is 5.59. The van der Waals surface area contributed by atoms with E-state index in [1.807, 2.05) is 14.1 Å². The minimum absolute atomic E-state index is 0.199. The zero-order valence-corrected chi connectivity index (χ0v) is 14.3. The molecule has 2 aromatic rings. The second-order valence-electron chi connectivity index (χ2n) is 6.19. The molecule has 23 heavy (non-hydrogen) atoms. The van der Waals surface area contributed by atoms with Gasteiger partial charge in [-0.25, -0.2) is 9.78 Å². The van der Waals surface area contributed by atoms with Crippen molar-refractivity contribution in [1.29, 1.82) is 0 Å². The number of nitrogens with zero attached hydrogens (tertiary/aromatic N) is 4. The summed E-state index contributed by atoms with van der Waals surface area (Å²) in [6.45, 7) is 2.78. The van der Waals surface area contributed by atoms with Crippen molar-refractivity contribution in [2.75, 3.05) is 14.1 Å². The van der Waals surface area contributed by atoms with Crippen molar-refractivity contribution < 1.29 is 0 Å². The first-order valence-electron chi connectivity index (χ1n) is 7.91. The lowest BCUT2D eigenvalue weighted by Gasteiger charge is -2.19. The highest BCUT2D eigenvalue weighted by Crippen LogP contribution is 2.07. The Morgan fingerprint density at radius 3 is 2.61 bits per heavy atom. The molecule has 0 radical (unpaired) electrons. The van der Waals surface area contributed by atoms with E-state index in [9.17, 15) is 9.59 Å². The highest BCUT2D eigenvalue weighted by atomic mass is 16.2. The van der Waals surface area contributed by atoms with Gasteiger partial charge in [-0.3, -0.25) is 13.9 Å². The first-order valence-corrected chi connectivity index (χ1v) is 7.91. The summed E-state index contributed by atoms with van der Waals surface area (Å²) in [6, 6.07) is 0.483. The number of nitrogens with two attached hydrogens (primary N) is 1. The number of nitrogens with one attached hydrogen (secondary N) is 1. The van der Waals surface area contributed by atoms with Crippen LogP contribution in [0.2, 0.25) is 0 Å². The van der Waals surface area contributed by atoms with Crippen LogP contribution in [0.5, 0.6) is 0 Å². The molecule has 0 unspecified atom stereocenters. The van der Waals surface area contributed by atoms with Crippen molar-refractivity contribution in [2.24, 2.45) is 12.8 Å². The van der Waals surface area contributed by atoms with E-state index in [1.165, 1.54) is 9.13 Å². The number of rotatable bonds is 7. The number of aromatic amines is 1. The monoisotopic (exact) mass is 322 g/mol. The fraction of sp³-hybridized carbons (Fsp3) is 0.667. The van der Waals surface area contributed by atoms with Crippen LogP contribution in [0.4, 0.5) is 0 Å². The smallest absolute Gasteiger partial charge is 0.332 e. The standard InChI is InChI=1S/C15H26N6O2/c1-10(19(2)3)7-5-6-8-21-14(22)12-13(20(4)15(21)23)18-11(9-16)17-12/h10H,5-9,16H2,1-4H3,(H,17,18)/t10-/m1/s1. The number of unbranched alkanes of at least 4 members (excludes halogenated alkanes) is 1. The third-order valence-electron chi connectivity index (χ3n) is 4.36. The molecule has 1 atom stereocenters. The molecule has 0 aliphatic carbocycles. The summed E-state index contributed by atoms with van der Waals surface area (Å²) in [5, 5.41) is 0. The lowest BCUT2D eigenvalue weighted by atomic mass is 10.1. The molecule has 8 heteroatoms. The van der Waals surface area contributed by atoms with Crippen LogP contribution in [-0.2, 0) is 20.1 Å². The molecular weight excluding hydrogens is 296 g/mol. The minimum atomic E-state index is -0.335. The van der Waals surface area contributed by atoms with Crippen LogP contribution in [0.1, 0.15) is 32.0 Å². The Bertz CT molecular complexity index is 786. The molecular formula is C15H26N6O2. The molecule has 2 rings (SSSR count). The highest BCUT2D eigenvalue weighted by Gasteiger charge is 2.14. The minimum Gasteiger partial charge on any atom is -0.335 e. The van der Waals surface area contributed by atoms with Gasteiger partial charge in [0.05, 0.1) is 6.54 Å². The molecule has 0 fully saturated rings. The van der Waals surface area contributed by atoms with E-state index in [4.69, 9.17) is 5.73 Å². The van der Waals surface area contributed by atoms with Gasteiger partial charge >= 0.3 is 5.69 Å². The fourth-order valence-corrected chi connectivity index (χ4v) is 2.56. The van der Waals surface area contributed by atoms with E-state index in [1.54, 1.807) is 7.05 Å². The molecule has 0 aliphatic heterocycles. The lowest BCUT2D eigenvalue weighted by Crippen LogP contribution is -2.39. The van der Waals surface area contributed by atoms with E-state index in [0.29, 0.717) is 29.6 Å². The van der Waals surface area contributed by atoms with Crippen molar-refractivity contribution in [3.63, 3.8) is 0 Å². The van der Waals surface area contributed by atoms with Gasteiger partial charge in [0.15, 0.2) is 5.65 Å². The van der Waals surface area contributed by atoms with Gasteiger partial charge in [0.2, 0.25) is 0 Å². The Hall–Kier alpha value is -1.93. The molecule has 2 aromatic heterocycles. The number of fused-ring (bicyclic) bond motifs is 1. The molecule has 0 aliphatic rings. The maximum absolute atomic E-state index is 12.5. The molecule has 8 nitrogen and oxygen atoms in total. The van der Waals surface area contributed by atoms with Gasteiger partial charge in [0.1, 0.15) is 11.3 Å². The van der Waals surface area contributed by atoms with Crippen LogP contribution in [0, 0.1) is 0 Å². The molecule has 0 aromatic carbocycles. The van der Waals surface area contributed by atoms with Crippen LogP contribution in [-0.4, -0.2) is 44.1 Å². The maximum atomic E-state index is 12.5. The predicted octanol–water partition coefficient (Wildman–Crippen LogP) is 0.00240. The summed E-state index contributed by atoms with van der Waals surface area (Å²) >= 11 is 0. The fourth-order valence-electron chi connectivity index (χ4n) is 2.56. The average molecular weight is 322 g/mol. The second-order valence-corrected chi connectivity index (χ2v) is 6.19. The quantitative estimate of drug-likeness (QED) is 0.699. The maximum Gasteiger partial charge on any atom is 0.332 e. The Kier molecular flexibility index (Phi) is 5.38. The summed E-state index contributed by atoms with van der Waals surface area (Å²) < 4.78 is 2.68. The average Bonchev–Trinajstić information content (AvgIpc) is 2.96. The Labute approximate surface area is 134 Å². The first kappa shape index (κ1) is 17.4. The van der Waals surface area contributed by atoms with Gasteiger partial charge in [0.25, 0.3) is 5.56 Å². The molecule has 0 bridgehead atoms. The van der Waals surface area contributed by atoms with Crippen molar-refractivity contribution >= 4 is 11.2 Å². The van der Waals surface area contributed by atoms with Crippen molar-refractivity contribution in [3.05, 3.63) is 26.7 Å². The van der Waals surface area contributed by atoms with E-state index < -0.39 is 0 Å². The normalized spacial score (nSPS) is 13.1. The molecule has 0 amide bonds. The Morgan fingerprint density at radius 1 is 1.30 bits per heavy atom. The van der Waals surface area contributed by atoms with E-state index in [0.717, 1.165) is 19.3 Å². The summed E-state index contributed by atoms with van der Waals surface area (Å²) in [6.07, 6.45) is 2.78. The largest absolute Gasteiger partial charge is 0.335 e.